The second-order valence-corrected chi connectivity index (χ2v) is 7.52. The first-order valence-electron chi connectivity index (χ1n) is 10.2. The number of ether oxygens (including phenoxy) is 2. The summed E-state index contributed by atoms with van der Waals surface area (Å²) in [7, 11) is 5.26. The summed E-state index contributed by atoms with van der Waals surface area (Å²) >= 11 is 0. The summed E-state index contributed by atoms with van der Waals surface area (Å²) in [6, 6.07) is 12.4. The number of nitrogens with zero attached hydrogens (tertiary/aromatic N) is 3. The largest absolute Gasteiger partial charge is 0.493 e. The van der Waals surface area contributed by atoms with Gasteiger partial charge in [-0.25, -0.2) is 4.39 Å². The highest BCUT2D eigenvalue weighted by Crippen LogP contribution is 2.28. The van der Waals surface area contributed by atoms with Crippen molar-refractivity contribution in [3.8, 4) is 11.5 Å². The van der Waals surface area contributed by atoms with Gasteiger partial charge in [0.2, 0.25) is 5.91 Å². The number of methoxy groups -OCH3 is 2. The van der Waals surface area contributed by atoms with Crippen molar-refractivity contribution in [1.82, 2.24) is 9.80 Å². The summed E-state index contributed by atoms with van der Waals surface area (Å²) in [6.45, 7) is 4.32. The van der Waals surface area contributed by atoms with E-state index in [9.17, 15) is 9.18 Å². The van der Waals surface area contributed by atoms with Crippen LogP contribution in [0.3, 0.4) is 0 Å². The smallest absolute Gasteiger partial charge is 0.223 e. The lowest BCUT2D eigenvalue weighted by atomic mass is 10.2. The minimum atomic E-state index is -0.232. The van der Waals surface area contributed by atoms with Crippen molar-refractivity contribution in [3.05, 3.63) is 53.8 Å². The molecule has 1 saturated heterocycles. The van der Waals surface area contributed by atoms with E-state index < -0.39 is 0 Å². The Morgan fingerprint density at radius 2 is 1.67 bits per heavy atom. The fourth-order valence-electron chi connectivity index (χ4n) is 3.68. The highest BCUT2D eigenvalue weighted by molar-refractivity contribution is 5.76. The number of anilines is 1. The van der Waals surface area contributed by atoms with E-state index in [-0.39, 0.29) is 11.7 Å². The zero-order valence-electron chi connectivity index (χ0n) is 17.9. The Morgan fingerprint density at radius 3 is 2.30 bits per heavy atom. The number of hydrogen-bond acceptors (Lipinski definition) is 5. The van der Waals surface area contributed by atoms with Crippen LogP contribution in [0.15, 0.2) is 42.5 Å². The molecule has 30 heavy (non-hydrogen) atoms. The molecule has 2 aromatic rings. The average Bonchev–Trinajstić information content (AvgIpc) is 2.78. The third kappa shape index (κ3) is 5.63. The van der Waals surface area contributed by atoms with Gasteiger partial charge in [0.25, 0.3) is 0 Å². The van der Waals surface area contributed by atoms with Gasteiger partial charge < -0.3 is 24.2 Å². The molecule has 6 nitrogen and oxygen atoms in total. The van der Waals surface area contributed by atoms with E-state index in [1.807, 2.05) is 30.1 Å². The summed E-state index contributed by atoms with van der Waals surface area (Å²) in [6.07, 6.45) is 0.486. The number of rotatable bonds is 8. The summed E-state index contributed by atoms with van der Waals surface area (Å²) in [5, 5.41) is 0. The van der Waals surface area contributed by atoms with Crippen molar-refractivity contribution in [2.45, 2.75) is 13.0 Å². The van der Waals surface area contributed by atoms with Gasteiger partial charge in [-0.1, -0.05) is 6.07 Å². The van der Waals surface area contributed by atoms with Crippen LogP contribution >= 0.6 is 0 Å². The fraction of sp³-hybridized carbons (Fsp3) is 0.435. The maximum atomic E-state index is 13.1. The second kappa shape index (κ2) is 10.3. The molecule has 3 rings (SSSR count). The molecule has 0 spiro atoms. The number of carbonyl (C=O) groups is 1. The number of piperazine rings is 1. The van der Waals surface area contributed by atoms with Crippen LogP contribution in [0.4, 0.5) is 10.1 Å². The van der Waals surface area contributed by atoms with Gasteiger partial charge in [-0.15, -0.1) is 0 Å². The van der Waals surface area contributed by atoms with Crippen molar-refractivity contribution in [1.29, 1.82) is 0 Å². The van der Waals surface area contributed by atoms with Crippen LogP contribution in [0, 0.1) is 5.82 Å². The Bertz CT molecular complexity index is 836. The molecule has 0 radical (unpaired) electrons. The van der Waals surface area contributed by atoms with Gasteiger partial charge >= 0.3 is 0 Å². The topological polar surface area (TPSA) is 45.2 Å². The van der Waals surface area contributed by atoms with E-state index in [2.05, 4.69) is 9.80 Å². The number of hydrogen-bond donors (Lipinski definition) is 0. The highest BCUT2D eigenvalue weighted by Gasteiger charge is 2.21. The van der Waals surface area contributed by atoms with E-state index in [1.54, 1.807) is 26.4 Å². The molecule has 1 amide bonds. The standard InChI is InChI=1S/C23H30FN3O3/c1-25(17-18-4-9-21(29-2)22(16-18)30-3)11-10-23(28)27-14-12-26(13-15-27)20-7-5-19(24)6-8-20/h4-9,16H,10-15,17H2,1-3H3. The molecule has 0 saturated carbocycles. The molecule has 7 heteroatoms. The predicted molar refractivity (Wildman–Crippen MR) is 116 cm³/mol. The predicted octanol–water partition coefficient (Wildman–Crippen LogP) is 3.01. The van der Waals surface area contributed by atoms with Gasteiger partial charge in [-0.2, -0.15) is 0 Å². The van der Waals surface area contributed by atoms with Crippen LogP contribution in [0.25, 0.3) is 0 Å². The molecule has 2 aromatic carbocycles. The van der Waals surface area contributed by atoms with Gasteiger partial charge in [-0.3, -0.25) is 4.79 Å². The Labute approximate surface area is 177 Å². The normalized spacial score (nSPS) is 14.2. The number of halogens is 1. The van der Waals surface area contributed by atoms with Gasteiger partial charge in [-0.05, 0) is 49.0 Å². The zero-order valence-corrected chi connectivity index (χ0v) is 17.9. The molecule has 0 N–H and O–H groups in total. The fourth-order valence-corrected chi connectivity index (χ4v) is 3.68. The molecule has 0 unspecified atom stereocenters. The first-order valence-corrected chi connectivity index (χ1v) is 10.2. The van der Waals surface area contributed by atoms with Crippen LogP contribution in [-0.2, 0) is 11.3 Å². The van der Waals surface area contributed by atoms with Crippen LogP contribution in [0.1, 0.15) is 12.0 Å². The molecule has 1 aliphatic rings. The van der Waals surface area contributed by atoms with Crippen molar-refractivity contribution < 1.29 is 18.7 Å². The summed E-state index contributed by atoms with van der Waals surface area (Å²) in [5.74, 6) is 1.36. The van der Waals surface area contributed by atoms with E-state index in [0.717, 1.165) is 30.9 Å². The first kappa shape index (κ1) is 21.9. The van der Waals surface area contributed by atoms with E-state index in [0.29, 0.717) is 37.6 Å². The molecule has 1 heterocycles. The molecular formula is C23H30FN3O3. The third-order valence-corrected chi connectivity index (χ3v) is 5.43. The monoisotopic (exact) mass is 415 g/mol. The zero-order chi connectivity index (χ0) is 21.5. The van der Waals surface area contributed by atoms with Crippen molar-refractivity contribution in [2.75, 3.05) is 58.9 Å². The molecular weight excluding hydrogens is 385 g/mol. The van der Waals surface area contributed by atoms with Crippen LogP contribution in [0.2, 0.25) is 0 Å². The quantitative estimate of drug-likeness (QED) is 0.663. The van der Waals surface area contributed by atoms with Crippen LogP contribution < -0.4 is 14.4 Å². The maximum Gasteiger partial charge on any atom is 0.223 e. The molecule has 1 aliphatic heterocycles. The SMILES string of the molecule is COc1ccc(CN(C)CCC(=O)N2CCN(c3ccc(F)cc3)CC2)cc1OC. The van der Waals surface area contributed by atoms with Crippen molar-refractivity contribution in [3.63, 3.8) is 0 Å². The third-order valence-electron chi connectivity index (χ3n) is 5.43. The summed E-state index contributed by atoms with van der Waals surface area (Å²) in [4.78, 5) is 18.9. The lowest BCUT2D eigenvalue weighted by Gasteiger charge is -2.36. The molecule has 162 valence electrons. The molecule has 0 aromatic heterocycles. The molecule has 0 aliphatic carbocycles. The number of benzene rings is 2. The van der Waals surface area contributed by atoms with E-state index in [4.69, 9.17) is 9.47 Å². The summed E-state index contributed by atoms with van der Waals surface area (Å²) in [5.41, 5.74) is 2.11. The number of carbonyl (C=O) groups excluding carboxylic acids is 1. The Kier molecular flexibility index (Phi) is 7.52. The molecule has 1 fully saturated rings. The minimum Gasteiger partial charge on any atom is -0.493 e. The van der Waals surface area contributed by atoms with Gasteiger partial charge in [0.15, 0.2) is 11.5 Å². The summed E-state index contributed by atoms with van der Waals surface area (Å²) < 4.78 is 23.7. The van der Waals surface area contributed by atoms with Crippen molar-refractivity contribution >= 4 is 11.6 Å². The van der Waals surface area contributed by atoms with Crippen LogP contribution in [-0.4, -0.2) is 69.7 Å². The first-order chi connectivity index (χ1) is 14.5. The Hall–Kier alpha value is -2.80. The second-order valence-electron chi connectivity index (χ2n) is 7.52. The van der Waals surface area contributed by atoms with Crippen LogP contribution in [0.5, 0.6) is 11.5 Å². The van der Waals surface area contributed by atoms with Crippen molar-refractivity contribution in [2.24, 2.45) is 0 Å². The van der Waals surface area contributed by atoms with Gasteiger partial charge in [0, 0.05) is 51.4 Å². The molecule has 0 atom stereocenters. The maximum absolute atomic E-state index is 13.1. The Balaban J connectivity index is 1.44. The number of amides is 1. The average molecular weight is 416 g/mol. The lowest BCUT2D eigenvalue weighted by molar-refractivity contribution is -0.131. The minimum absolute atomic E-state index is 0.174. The van der Waals surface area contributed by atoms with E-state index in [1.165, 1.54) is 12.1 Å². The van der Waals surface area contributed by atoms with E-state index >= 15 is 0 Å². The molecule has 0 bridgehead atoms. The Morgan fingerprint density at radius 1 is 1.00 bits per heavy atom. The van der Waals surface area contributed by atoms with Gasteiger partial charge in [0.05, 0.1) is 14.2 Å². The van der Waals surface area contributed by atoms with Gasteiger partial charge in [0.1, 0.15) is 5.82 Å². The lowest BCUT2D eigenvalue weighted by Crippen LogP contribution is -2.49. The highest BCUT2D eigenvalue weighted by atomic mass is 19.1.